The van der Waals surface area contributed by atoms with Crippen molar-refractivity contribution in [2.75, 3.05) is 26.7 Å². The lowest BCUT2D eigenvalue weighted by Gasteiger charge is -2.14. The molecule has 0 saturated heterocycles. The van der Waals surface area contributed by atoms with Crippen LogP contribution in [0.25, 0.3) is 0 Å². The summed E-state index contributed by atoms with van der Waals surface area (Å²) in [4.78, 5) is 8.13. The van der Waals surface area contributed by atoms with Crippen LogP contribution in [0.3, 0.4) is 0 Å². The van der Waals surface area contributed by atoms with Gasteiger partial charge in [-0.1, -0.05) is 34.8 Å². The molecule has 0 fully saturated rings. The van der Waals surface area contributed by atoms with Crippen LogP contribution in [0.4, 0.5) is 0 Å². The van der Waals surface area contributed by atoms with Gasteiger partial charge in [-0.05, 0) is 12.1 Å². The smallest absolute Gasteiger partial charge is 0.191 e. The van der Waals surface area contributed by atoms with Crippen molar-refractivity contribution in [3.8, 4) is 5.75 Å². The fraction of sp³-hybridized carbons (Fsp3) is 0.333. The van der Waals surface area contributed by atoms with Crippen molar-refractivity contribution >= 4 is 64.7 Å². The summed E-state index contributed by atoms with van der Waals surface area (Å²) in [6.07, 6.45) is 5.42. The Labute approximate surface area is 178 Å². The second-order valence-electron chi connectivity index (χ2n) is 4.77. The van der Waals surface area contributed by atoms with E-state index in [1.54, 1.807) is 31.7 Å². The summed E-state index contributed by atoms with van der Waals surface area (Å²) in [6, 6.07) is 3.18. The Morgan fingerprint density at radius 3 is 2.48 bits per heavy atom. The Morgan fingerprint density at radius 2 is 1.88 bits per heavy atom. The van der Waals surface area contributed by atoms with Gasteiger partial charge in [0.15, 0.2) is 11.7 Å². The minimum Gasteiger partial charge on any atom is -0.489 e. The molecule has 25 heavy (non-hydrogen) atoms. The number of guanidine groups is 1. The summed E-state index contributed by atoms with van der Waals surface area (Å²) in [7, 11) is 1.71. The van der Waals surface area contributed by atoms with Crippen LogP contribution >= 0.6 is 58.8 Å². The molecule has 2 rings (SSSR count). The first-order valence-electron chi connectivity index (χ1n) is 7.27. The molecule has 1 aromatic carbocycles. The quantitative estimate of drug-likeness (QED) is 0.254. The van der Waals surface area contributed by atoms with E-state index < -0.39 is 0 Å². The van der Waals surface area contributed by atoms with Crippen molar-refractivity contribution in [3.05, 3.63) is 45.9 Å². The maximum Gasteiger partial charge on any atom is 0.191 e. The van der Waals surface area contributed by atoms with E-state index in [9.17, 15) is 0 Å². The number of benzene rings is 1. The molecule has 0 spiro atoms. The van der Waals surface area contributed by atoms with Gasteiger partial charge >= 0.3 is 0 Å². The van der Waals surface area contributed by atoms with Gasteiger partial charge in [0.1, 0.15) is 6.61 Å². The van der Waals surface area contributed by atoms with Crippen molar-refractivity contribution in [2.24, 2.45) is 4.99 Å². The molecule has 0 saturated carbocycles. The highest BCUT2D eigenvalue weighted by molar-refractivity contribution is 14.0. The Bertz CT molecular complexity index is 659. The van der Waals surface area contributed by atoms with E-state index in [2.05, 4.69) is 20.6 Å². The number of nitrogens with zero attached hydrogens (tertiary/aromatic N) is 3. The molecule has 0 radical (unpaired) electrons. The summed E-state index contributed by atoms with van der Waals surface area (Å²) in [6.45, 7) is 2.45. The molecule has 2 aromatic rings. The van der Waals surface area contributed by atoms with Gasteiger partial charge in [-0.15, -0.1) is 24.0 Å². The topological polar surface area (TPSA) is 63.5 Å². The van der Waals surface area contributed by atoms with Crippen LogP contribution in [0.5, 0.6) is 5.75 Å². The van der Waals surface area contributed by atoms with E-state index >= 15 is 0 Å². The second kappa shape index (κ2) is 11.7. The molecule has 0 atom stereocenters. The lowest BCUT2D eigenvalue weighted by molar-refractivity contribution is 0.322. The van der Waals surface area contributed by atoms with Crippen LogP contribution < -0.4 is 15.4 Å². The van der Waals surface area contributed by atoms with Crippen LogP contribution in [-0.2, 0) is 6.54 Å². The normalized spacial score (nSPS) is 11.0. The first kappa shape index (κ1) is 22.1. The average molecular weight is 519 g/mol. The largest absolute Gasteiger partial charge is 0.489 e. The average Bonchev–Trinajstić information content (AvgIpc) is 3.04. The molecular weight excluding hydrogens is 499 g/mol. The fourth-order valence-electron chi connectivity index (χ4n) is 1.93. The molecule has 0 bridgehead atoms. The van der Waals surface area contributed by atoms with E-state index in [0.717, 1.165) is 13.1 Å². The van der Waals surface area contributed by atoms with Gasteiger partial charge in [-0.25, -0.2) is 4.98 Å². The predicted octanol–water partition coefficient (Wildman–Crippen LogP) is 3.71. The van der Waals surface area contributed by atoms with Gasteiger partial charge in [-0.2, -0.15) is 0 Å². The van der Waals surface area contributed by atoms with Gasteiger partial charge in [0.05, 0.1) is 22.9 Å². The van der Waals surface area contributed by atoms with Crippen LogP contribution in [0.2, 0.25) is 15.1 Å². The number of hydrogen-bond acceptors (Lipinski definition) is 3. The summed E-state index contributed by atoms with van der Waals surface area (Å²) < 4.78 is 7.58. The number of halogens is 4. The van der Waals surface area contributed by atoms with Crippen LogP contribution in [0, 0.1) is 0 Å². The maximum atomic E-state index is 6.06. The monoisotopic (exact) mass is 517 g/mol. The summed E-state index contributed by atoms with van der Waals surface area (Å²) >= 11 is 18.0. The van der Waals surface area contributed by atoms with Crippen molar-refractivity contribution in [3.63, 3.8) is 0 Å². The zero-order chi connectivity index (χ0) is 17.4. The first-order valence-corrected chi connectivity index (χ1v) is 8.41. The molecule has 1 aromatic heterocycles. The number of rotatable bonds is 7. The van der Waals surface area contributed by atoms with E-state index in [1.165, 1.54) is 0 Å². The molecule has 0 unspecified atom stereocenters. The minimum absolute atomic E-state index is 0. The molecule has 0 aliphatic carbocycles. The van der Waals surface area contributed by atoms with Gasteiger partial charge in [0, 0.05) is 37.6 Å². The molecule has 2 N–H and O–H groups in total. The number of ether oxygens (including phenoxy) is 1. The number of nitrogens with one attached hydrogen (secondary N) is 2. The third-order valence-electron chi connectivity index (χ3n) is 3.05. The van der Waals surface area contributed by atoms with Crippen LogP contribution in [0.15, 0.2) is 35.8 Å². The zero-order valence-corrected chi connectivity index (χ0v) is 18.1. The zero-order valence-electron chi connectivity index (χ0n) is 13.5. The van der Waals surface area contributed by atoms with Crippen molar-refractivity contribution < 1.29 is 4.74 Å². The van der Waals surface area contributed by atoms with Gasteiger partial charge < -0.3 is 19.9 Å². The Balaban J connectivity index is 0.00000312. The number of aliphatic imine (C=N–C) groups is 1. The Kier molecular flexibility index (Phi) is 10.3. The number of aromatic nitrogens is 2. The first-order chi connectivity index (χ1) is 11.6. The van der Waals surface area contributed by atoms with E-state index in [0.29, 0.717) is 39.9 Å². The van der Waals surface area contributed by atoms with Crippen molar-refractivity contribution in [2.45, 2.75) is 6.54 Å². The Morgan fingerprint density at radius 1 is 1.20 bits per heavy atom. The molecule has 1 heterocycles. The third-order valence-corrected chi connectivity index (χ3v) is 3.83. The second-order valence-corrected chi connectivity index (χ2v) is 6.02. The van der Waals surface area contributed by atoms with E-state index in [-0.39, 0.29) is 24.0 Å². The molecule has 6 nitrogen and oxygen atoms in total. The van der Waals surface area contributed by atoms with Gasteiger partial charge in [0.25, 0.3) is 0 Å². The molecule has 10 heteroatoms. The lowest BCUT2D eigenvalue weighted by atomic mass is 10.3. The summed E-state index contributed by atoms with van der Waals surface area (Å²) in [5, 5.41) is 7.59. The van der Waals surface area contributed by atoms with E-state index in [4.69, 9.17) is 39.5 Å². The summed E-state index contributed by atoms with van der Waals surface area (Å²) in [5.74, 6) is 1.11. The van der Waals surface area contributed by atoms with Gasteiger partial charge in [-0.3, -0.25) is 4.99 Å². The lowest BCUT2D eigenvalue weighted by Crippen LogP contribution is -2.40. The fourth-order valence-corrected chi connectivity index (χ4v) is 2.86. The number of imidazole rings is 1. The van der Waals surface area contributed by atoms with Crippen LogP contribution in [0.1, 0.15) is 0 Å². The predicted molar refractivity (Wildman–Crippen MR) is 114 cm³/mol. The van der Waals surface area contributed by atoms with Crippen LogP contribution in [-0.4, -0.2) is 42.3 Å². The molecule has 0 aliphatic rings. The summed E-state index contributed by atoms with van der Waals surface area (Å²) in [5.41, 5.74) is 0. The molecule has 138 valence electrons. The molecule has 0 aliphatic heterocycles. The van der Waals surface area contributed by atoms with Crippen molar-refractivity contribution in [1.82, 2.24) is 20.2 Å². The van der Waals surface area contributed by atoms with E-state index in [1.807, 2.05) is 10.8 Å². The Hall–Kier alpha value is -0.900. The van der Waals surface area contributed by atoms with Gasteiger partial charge in [0.2, 0.25) is 0 Å². The highest BCUT2D eigenvalue weighted by Crippen LogP contribution is 2.35. The number of hydrogen-bond donors (Lipinski definition) is 2. The minimum atomic E-state index is 0. The maximum absolute atomic E-state index is 6.06. The standard InChI is InChI=1S/C15H18Cl3N5O.HI/c1-19-15(21-3-6-23-5-2-20-10-23)22-4-7-24-14-12(17)8-11(16)9-13(14)18;/h2,5,8-10H,3-4,6-7H2,1H3,(H2,19,21,22);1H. The highest BCUT2D eigenvalue weighted by Gasteiger charge is 2.09. The SMILES string of the molecule is CN=C(NCCOc1c(Cl)cc(Cl)cc1Cl)NCCn1ccnc1.I. The van der Waals surface area contributed by atoms with Crippen molar-refractivity contribution in [1.29, 1.82) is 0 Å². The molecule has 0 amide bonds. The third kappa shape index (κ3) is 7.47. The molecular formula is C15H19Cl3IN5O. The highest BCUT2D eigenvalue weighted by atomic mass is 127.